The molecule has 0 bridgehead atoms. The minimum absolute atomic E-state index is 0.0643. The van der Waals surface area contributed by atoms with Crippen molar-refractivity contribution in [2.24, 2.45) is 0 Å². The molecule has 71 heavy (non-hydrogen) atoms. The van der Waals surface area contributed by atoms with Gasteiger partial charge in [0, 0.05) is 19.3 Å². The number of ether oxygens (including phenoxy) is 3. The molecule has 6 nitrogen and oxygen atoms in total. The molecule has 418 valence electrons. The lowest BCUT2D eigenvalue weighted by molar-refractivity contribution is -0.167. The van der Waals surface area contributed by atoms with Crippen LogP contribution < -0.4 is 0 Å². The van der Waals surface area contributed by atoms with Crippen LogP contribution in [0.15, 0.2) is 24.3 Å². The first-order valence-corrected chi connectivity index (χ1v) is 31.8. The van der Waals surface area contributed by atoms with Crippen LogP contribution in [0.4, 0.5) is 0 Å². The lowest BCUT2D eigenvalue weighted by Crippen LogP contribution is -2.30. The number of allylic oxidation sites excluding steroid dienone is 4. The van der Waals surface area contributed by atoms with E-state index in [9.17, 15) is 14.4 Å². The summed E-state index contributed by atoms with van der Waals surface area (Å²) in [5.74, 6) is -0.839. The van der Waals surface area contributed by atoms with Crippen LogP contribution in [0.2, 0.25) is 0 Å². The van der Waals surface area contributed by atoms with E-state index in [1.165, 1.54) is 250 Å². The lowest BCUT2D eigenvalue weighted by Gasteiger charge is -2.18. The van der Waals surface area contributed by atoms with E-state index in [0.29, 0.717) is 19.3 Å². The van der Waals surface area contributed by atoms with E-state index >= 15 is 0 Å². The molecule has 1 unspecified atom stereocenters. The molecule has 0 aromatic heterocycles. The van der Waals surface area contributed by atoms with Crippen molar-refractivity contribution >= 4 is 17.9 Å². The molecule has 0 aliphatic carbocycles. The van der Waals surface area contributed by atoms with Crippen LogP contribution in [0.5, 0.6) is 0 Å². The van der Waals surface area contributed by atoms with Crippen molar-refractivity contribution in [3.8, 4) is 0 Å². The average Bonchev–Trinajstić information content (AvgIpc) is 3.37. The number of unbranched alkanes of at least 4 members (excludes halogenated alkanes) is 44. The zero-order chi connectivity index (χ0) is 51.4. The minimum Gasteiger partial charge on any atom is -0.462 e. The number of hydrogen-bond acceptors (Lipinski definition) is 6. The van der Waals surface area contributed by atoms with E-state index in [0.717, 1.165) is 64.2 Å². The lowest BCUT2D eigenvalue weighted by atomic mass is 10.0. The van der Waals surface area contributed by atoms with Crippen molar-refractivity contribution < 1.29 is 28.6 Å². The van der Waals surface area contributed by atoms with E-state index in [4.69, 9.17) is 14.2 Å². The van der Waals surface area contributed by atoms with E-state index < -0.39 is 6.10 Å². The molecular weight excluding hydrogens is 877 g/mol. The predicted molar refractivity (Wildman–Crippen MR) is 307 cm³/mol. The van der Waals surface area contributed by atoms with Crippen molar-refractivity contribution in [2.45, 2.75) is 361 Å². The normalized spacial score (nSPS) is 12.1. The van der Waals surface area contributed by atoms with E-state index in [1.807, 2.05) is 0 Å². The molecule has 0 fully saturated rings. The predicted octanol–water partition coefficient (Wildman–Crippen LogP) is 21.4. The summed E-state index contributed by atoms with van der Waals surface area (Å²) in [6, 6.07) is 0. The fraction of sp³-hybridized carbons (Fsp3) is 0.892. The first-order chi connectivity index (χ1) is 35.0. The third-order valence-corrected chi connectivity index (χ3v) is 14.5. The van der Waals surface area contributed by atoms with Gasteiger partial charge >= 0.3 is 17.9 Å². The summed E-state index contributed by atoms with van der Waals surface area (Å²) in [6.07, 6.45) is 71.9. The Morgan fingerprint density at radius 3 is 0.775 bits per heavy atom. The van der Waals surface area contributed by atoms with Crippen molar-refractivity contribution in [1.82, 2.24) is 0 Å². The van der Waals surface area contributed by atoms with E-state index in [1.54, 1.807) is 0 Å². The van der Waals surface area contributed by atoms with Crippen LogP contribution in [0.1, 0.15) is 355 Å². The summed E-state index contributed by atoms with van der Waals surface area (Å²) in [5.41, 5.74) is 0. The van der Waals surface area contributed by atoms with Gasteiger partial charge in [-0.3, -0.25) is 14.4 Å². The molecule has 0 saturated heterocycles. The molecule has 0 heterocycles. The fourth-order valence-corrected chi connectivity index (χ4v) is 9.65. The second kappa shape index (κ2) is 60.4. The first kappa shape index (κ1) is 68.9. The number of carbonyl (C=O) groups is 3. The van der Waals surface area contributed by atoms with Crippen LogP contribution in [-0.4, -0.2) is 37.2 Å². The number of rotatable bonds is 59. The summed E-state index contributed by atoms with van der Waals surface area (Å²) in [6.45, 7) is 6.68. The van der Waals surface area contributed by atoms with Crippen LogP contribution in [0.25, 0.3) is 0 Å². The maximum absolute atomic E-state index is 12.9. The summed E-state index contributed by atoms with van der Waals surface area (Å²) < 4.78 is 16.9. The topological polar surface area (TPSA) is 78.9 Å². The van der Waals surface area contributed by atoms with Gasteiger partial charge in [0.05, 0.1) is 0 Å². The van der Waals surface area contributed by atoms with Crippen molar-refractivity contribution in [3.63, 3.8) is 0 Å². The van der Waals surface area contributed by atoms with Crippen LogP contribution in [-0.2, 0) is 28.6 Å². The number of esters is 3. The summed E-state index contributed by atoms with van der Waals surface area (Å²) >= 11 is 0. The SMILES string of the molecule is CCCCCCC/C=C\C/C=C\CCCCCCCCCCCCCCCCCC(=O)OCC(COC(=O)CCCCCCCCCCCCCC)OC(=O)CCCCCCCCCCCCCCCC. The summed E-state index contributed by atoms with van der Waals surface area (Å²) in [5, 5.41) is 0. The second-order valence-electron chi connectivity index (χ2n) is 21.7. The molecular formula is C65H122O6. The molecule has 0 saturated carbocycles. The molecule has 0 aliphatic heterocycles. The molecule has 0 aromatic rings. The maximum atomic E-state index is 12.9. The minimum atomic E-state index is -0.765. The summed E-state index contributed by atoms with van der Waals surface area (Å²) in [4.78, 5) is 38.2. The Labute approximate surface area is 443 Å². The molecule has 0 aromatic carbocycles. The van der Waals surface area contributed by atoms with Gasteiger partial charge in [0.1, 0.15) is 13.2 Å². The molecule has 6 heteroatoms. The molecule has 0 N–H and O–H groups in total. The second-order valence-corrected chi connectivity index (χ2v) is 21.7. The Morgan fingerprint density at radius 2 is 0.507 bits per heavy atom. The number of hydrogen-bond donors (Lipinski definition) is 0. The quantitative estimate of drug-likeness (QED) is 0.0261. The highest BCUT2D eigenvalue weighted by atomic mass is 16.6. The van der Waals surface area contributed by atoms with Crippen LogP contribution in [0.3, 0.4) is 0 Å². The molecule has 0 amide bonds. The van der Waals surface area contributed by atoms with Gasteiger partial charge in [-0.25, -0.2) is 0 Å². The van der Waals surface area contributed by atoms with Gasteiger partial charge in [-0.2, -0.15) is 0 Å². The molecule has 0 radical (unpaired) electrons. The van der Waals surface area contributed by atoms with E-state index in [-0.39, 0.29) is 31.1 Å². The van der Waals surface area contributed by atoms with Gasteiger partial charge < -0.3 is 14.2 Å². The van der Waals surface area contributed by atoms with E-state index in [2.05, 4.69) is 45.1 Å². The smallest absolute Gasteiger partial charge is 0.306 e. The fourth-order valence-electron chi connectivity index (χ4n) is 9.65. The third kappa shape index (κ3) is 58.7. The highest BCUT2D eigenvalue weighted by Crippen LogP contribution is 2.18. The number of carbonyl (C=O) groups excluding carboxylic acids is 3. The zero-order valence-corrected chi connectivity index (χ0v) is 48.0. The van der Waals surface area contributed by atoms with Crippen LogP contribution in [0, 0.1) is 0 Å². The summed E-state index contributed by atoms with van der Waals surface area (Å²) in [7, 11) is 0. The standard InChI is InChI=1S/C65H122O6/c1-4-7-10-13-16-19-22-25-27-28-29-30-31-32-33-34-35-36-37-38-39-41-43-46-49-52-55-58-64(67)70-61-62(60-69-63(66)57-54-51-48-45-42-24-21-18-15-12-9-6-3)71-65(68)59-56-53-50-47-44-40-26-23-20-17-14-11-8-5-2/h22,25,28-29,62H,4-21,23-24,26-27,30-61H2,1-3H3/b25-22-,29-28-. The average molecular weight is 1000 g/mol. The van der Waals surface area contributed by atoms with Gasteiger partial charge in [-0.05, 0) is 51.4 Å². The monoisotopic (exact) mass is 999 g/mol. The van der Waals surface area contributed by atoms with Gasteiger partial charge in [0.2, 0.25) is 0 Å². The van der Waals surface area contributed by atoms with Gasteiger partial charge in [-0.1, -0.05) is 308 Å². The molecule has 0 aliphatic rings. The van der Waals surface area contributed by atoms with Crippen molar-refractivity contribution in [3.05, 3.63) is 24.3 Å². The third-order valence-electron chi connectivity index (χ3n) is 14.5. The van der Waals surface area contributed by atoms with Crippen molar-refractivity contribution in [2.75, 3.05) is 13.2 Å². The van der Waals surface area contributed by atoms with Crippen LogP contribution >= 0.6 is 0 Å². The Kier molecular flexibility index (Phi) is 58.6. The highest BCUT2D eigenvalue weighted by molar-refractivity contribution is 5.71. The Balaban J connectivity index is 4.15. The highest BCUT2D eigenvalue weighted by Gasteiger charge is 2.19. The maximum Gasteiger partial charge on any atom is 0.306 e. The molecule has 0 rings (SSSR count). The van der Waals surface area contributed by atoms with Gasteiger partial charge in [0.15, 0.2) is 6.10 Å². The first-order valence-electron chi connectivity index (χ1n) is 31.8. The molecule has 0 spiro atoms. The Hall–Kier alpha value is -2.11. The van der Waals surface area contributed by atoms with Crippen molar-refractivity contribution in [1.29, 1.82) is 0 Å². The van der Waals surface area contributed by atoms with Gasteiger partial charge in [-0.15, -0.1) is 0 Å². The molecule has 1 atom stereocenters. The largest absolute Gasteiger partial charge is 0.462 e. The zero-order valence-electron chi connectivity index (χ0n) is 48.0. The van der Waals surface area contributed by atoms with Gasteiger partial charge in [0.25, 0.3) is 0 Å². The Bertz CT molecular complexity index is 1150. The Morgan fingerprint density at radius 1 is 0.282 bits per heavy atom.